The molecule has 0 spiro atoms. The molecule has 6 heteroatoms. The Bertz CT molecular complexity index is 964. The van der Waals surface area contributed by atoms with E-state index in [0.29, 0.717) is 24.2 Å². The lowest BCUT2D eigenvalue weighted by Gasteiger charge is -2.23. The monoisotopic (exact) mass is 379 g/mol. The van der Waals surface area contributed by atoms with Crippen molar-refractivity contribution in [3.8, 4) is 5.75 Å². The van der Waals surface area contributed by atoms with Crippen molar-refractivity contribution in [2.45, 2.75) is 32.0 Å². The van der Waals surface area contributed by atoms with Gasteiger partial charge < -0.3 is 14.2 Å². The summed E-state index contributed by atoms with van der Waals surface area (Å²) < 4.78 is 21.1. The van der Waals surface area contributed by atoms with E-state index in [0.717, 1.165) is 24.4 Å². The maximum Gasteiger partial charge on any atom is 0.254 e. The van der Waals surface area contributed by atoms with E-state index in [4.69, 9.17) is 4.74 Å². The number of aromatic nitrogens is 2. The van der Waals surface area contributed by atoms with Crippen LogP contribution in [0.5, 0.6) is 5.75 Å². The molecule has 0 N–H and O–H groups in total. The summed E-state index contributed by atoms with van der Waals surface area (Å²) in [6.07, 6.45) is 5.51. The quantitative estimate of drug-likeness (QED) is 0.626. The molecule has 1 aliphatic carbocycles. The zero-order valence-corrected chi connectivity index (χ0v) is 15.7. The van der Waals surface area contributed by atoms with Crippen molar-refractivity contribution in [1.82, 2.24) is 14.5 Å². The second kappa shape index (κ2) is 7.84. The number of benzene rings is 2. The largest absolute Gasteiger partial charge is 0.497 e. The number of imidazole rings is 1. The number of hydrogen-bond donors (Lipinski definition) is 0. The number of carbonyl (C=O) groups excluding carboxylic acids is 1. The topological polar surface area (TPSA) is 47.4 Å². The summed E-state index contributed by atoms with van der Waals surface area (Å²) in [5, 5.41) is 0. The highest BCUT2D eigenvalue weighted by Gasteiger charge is 2.34. The molecule has 0 radical (unpaired) electrons. The highest BCUT2D eigenvalue weighted by atomic mass is 19.1. The fraction of sp³-hybridized carbons (Fsp3) is 0.273. The normalized spacial score (nSPS) is 13.4. The van der Waals surface area contributed by atoms with E-state index in [2.05, 4.69) is 4.98 Å². The standard InChI is InChI=1S/C22H22FN3O2/c1-28-19-10-6-16(7-11-19)22(27)26(18-8-9-18)15-21-24-12-13-25(21)14-17-4-2-3-5-20(17)23/h2-7,10-13,18H,8-9,14-15H2,1H3. The summed E-state index contributed by atoms with van der Waals surface area (Å²) in [6, 6.07) is 14.1. The van der Waals surface area contributed by atoms with Crippen molar-refractivity contribution >= 4 is 5.91 Å². The number of hydrogen-bond acceptors (Lipinski definition) is 3. The van der Waals surface area contributed by atoms with Crippen LogP contribution in [0.2, 0.25) is 0 Å². The van der Waals surface area contributed by atoms with E-state index in [9.17, 15) is 9.18 Å². The summed E-state index contributed by atoms with van der Waals surface area (Å²) >= 11 is 0. The fourth-order valence-electron chi connectivity index (χ4n) is 3.25. The highest BCUT2D eigenvalue weighted by molar-refractivity contribution is 5.94. The van der Waals surface area contributed by atoms with Gasteiger partial charge in [0.05, 0.1) is 20.2 Å². The minimum Gasteiger partial charge on any atom is -0.497 e. The maximum absolute atomic E-state index is 14.0. The molecular formula is C22H22FN3O2. The van der Waals surface area contributed by atoms with E-state index in [-0.39, 0.29) is 17.8 Å². The molecule has 1 heterocycles. The number of carbonyl (C=O) groups is 1. The zero-order chi connectivity index (χ0) is 19.5. The van der Waals surface area contributed by atoms with Crippen LogP contribution in [0.15, 0.2) is 60.9 Å². The van der Waals surface area contributed by atoms with Crippen LogP contribution in [0.4, 0.5) is 4.39 Å². The Kier molecular flexibility index (Phi) is 5.10. The van der Waals surface area contributed by atoms with Crippen LogP contribution in [0.3, 0.4) is 0 Å². The van der Waals surface area contributed by atoms with Crippen LogP contribution in [-0.2, 0) is 13.1 Å². The Morgan fingerprint density at radius 2 is 1.96 bits per heavy atom. The van der Waals surface area contributed by atoms with E-state index >= 15 is 0 Å². The van der Waals surface area contributed by atoms with Gasteiger partial charge in [-0.1, -0.05) is 18.2 Å². The first kappa shape index (κ1) is 18.2. The summed E-state index contributed by atoms with van der Waals surface area (Å²) in [6.45, 7) is 0.786. The molecule has 1 aliphatic rings. The first-order chi connectivity index (χ1) is 13.7. The van der Waals surface area contributed by atoms with Crippen LogP contribution >= 0.6 is 0 Å². The average Bonchev–Trinajstić information content (AvgIpc) is 3.47. The zero-order valence-electron chi connectivity index (χ0n) is 15.7. The molecular weight excluding hydrogens is 357 g/mol. The SMILES string of the molecule is COc1ccc(C(=O)N(Cc2nccn2Cc2ccccc2F)C2CC2)cc1. The predicted molar refractivity (Wildman–Crippen MR) is 104 cm³/mol. The molecule has 28 heavy (non-hydrogen) atoms. The van der Waals surface area contributed by atoms with Crippen molar-refractivity contribution in [1.29, 1.82) is 0 Å². The van der Waals surface area contributed by atoms with E-state index < -0.39 is 0 Å². The smallest absolute Gasteiger partial charge is 0.254 e. The number of rotatable bonds is 7. The third-order valence-electron chi connectivity index (χ3n) is 5.00. The van der Waals surface area contributed by atoms with Crippen LogP contribution in [-0.4, -0.2) is 33.5 Å². The van der Waals surface area contributed by atoms with Crippen molar-refractivity contribution in [2.24, 2.45) is 0 Å². The third kappa shape index (κ3) is 3.91. The maximum atomic E-state index is 14.0. The first-order valence-corrected chi connectivity index (χ1v) is 9.34. The van der Waals surface area contributed by atoms with E-state index in [1.807, 2.05) is 21.7 Å². The second-order valence-corrected chi connectivity index (χ2v) is 6.96. The third-order valence-corrected chi connectivity index (χ3v) is 5.00. The number of halogens is 1. The molecule has 0 saturated heterocycles. The molecule has 0 unspecified atom stereocenters. The van der Waals surface area contributed by atoms with Gasteiger partial charge in [0.1, 0.15) is 17.4 Å². The minimum absolute atomic E-state index is 0.0226. The molecule has 4 rings (SSSR count). The van der Waals surface area contributed by atoms with Gasteiger partial charge >= 0.3 is 0 Å². The molecule has 1 fully saturated rings. The molecule has 0 bridgehead atoms. The molecule has 5 nitrogen and oxygen atoms in total. The van der Waals surface area contributed by atoms with Crippen LogP contribution < -0.4 is 4.74 Å². The molecule has 1 aromatic heterocycles. The number of ether oxygens (including phenoxy) is 1. The number of amides is 1. The lowest BCUT2D eigenvalue weighted by Crippen LogP contribution is -2.33. The fourth-order valence-corrected chi connectivity index (χ4v) is 3.25. The molecule has 1 saturated carbocycles. The Hall–Kier alpha value is -3.15. The number of nitrogens with zero attached hydrogens (tertiary/aromatic N) is 3. The van der Waals surface area contributed by atoms with Gasteiger partial charge in [-0.3, -0.25) is 4.79 Å². The van der Waals surface area contributed by atoms with Gasteiger partial charge in [0.2, 0.25) is 0 Å². The minimum atomic E-state index is -0.240. The van der Waals surface area contributed by atoms with Gasteiger partial charge in [0.15, 0.2) is 0 Å². The average molecular weight is 379 g/mol. The Balaban J connectivity index is 1.54. The molecule has 0 atom stereocenters. The Labute approximate surface area is 163 Å². The van der Waals surface area contributed by atoms with Crippen LogP contribution in [0.1, 0.15) is 34.6 Å². The highest BCUT2D eigenvalue weighted by Crippen LogP contribution is 2.30. The summed E-state index contributed by atoms with van der Waals surface area (Å²) in [5.74, 6) is 1.20. The Morgan fingerprint density at radius 3 is 2.64 bits per heavy atom. The lowest BCUT2D eigenvalue weighted by atomic mass is 10.2. The Morgan fingerprint density at radius 1 is 1.21 bits per heavy atom. The van der Waals surface area contributed by atoms with Gasteiger partial charge in [-0.2, -0.15) is 0 Å². The molecule has 3 aromatic rings. The predicted octanol–water partition coefficient (Wildman–Crippen LogP) is 3.88. The van der Waals surface area contributed by atoms with Gasteiger partial charge in [0, 0.05) is 29.6 Å². The summed E-state index contributed by atoms with van der Waals surface area (Å²) in [5.41, 5.74) is 1.22. The number of methoxy groups -OCH3 is 1. The van der Waals surface area contributed by atoms with Crippen LogP contribution in [0, 0.1) is 5.82 Å². The van der Waals surface area contributed by atoms with Gasteiger partial charge in [-0.05, 0) is 43.2 Å². The van der Waals surface area contributed by atoms with Crippen molar-refractivity contribution in [3.05, 3.63) is 83.7 Å². The lowest BCUT2D eigenvalue weighted by molar-refractivity contribution is 0.0723. The summed E-state index contributed by atoms with van der Waals surface area (Å²) in [7, 11) is 1.60. The van der Waals surface area contributed by atoms with Gasteiger partial charge in [-0.25, -0.2) is 9.37 Å². The molecule has 1 amide bonds. The van der Waals surface area contributed by atoms with Crippen molar-refractivity contribution in [3.63, 3.8) is 0 Å². The van der Waals surface area contributed by atoms with E-state index in [1.54, 1.807) is 49.7 Å². The molecule has 2 aromatic carbocycles. The van der Waals surface area contributed by atoms with Gasteiger partial charge in [-0.15, -0.1) is 0 Å². The van der Waals surface area contributed by atoms with E-state index in [1.165, 1.54) is 6.07 Å². The first-order valence-electron chi connectivity index (χ1n) is 9.34. The van der Waals surface area contributed by atoms with Gasteiger partial charge in [0.25, 0.3) is 5.91 Å². The molecule has 0 aliphatic heterocycles. The molecule has 144 valence electrons. The summed E-state index contributed by atoms with van der Waals surface area (Å²) in [4.78, 5) is 19.3. The second-order valence-electron chi connectivity index (χ2n) is 6.96. The van der Waals surface area contributed by atoms with Crippen molar-refractivity contribution < 1.29 is 13.9 Å². The van der Waals surface area contributed by atoms with Crippen molar-refractivity contribution in [2.75, 3.05) is 7.11 Å². The van der Waals surface area contributed by atoms with Crippen LogP contribution in [0.25, 0.3) is 0 Å².